The van der Waals surface area contributed by atoms with Crippen LogP contribution < -0.4 is 5.32 Å². The maximum absolute atomic E-state index is 11.7. The second kappa shape index (κ2) is 4.23. The van der Waals surface area contributed by atoms with Crippen LogP contribution in [0.2, 0.25) is 0 Å². The third kappa shape index (κ3) is 1.84. The zero-order valence-electron chi connectivity index (χ0n) is 8.99. The first-order valence-electron chi connectivity index (χ1n) is 5.20. The van der Waals surface area contributed by atoms with Gasteiger partial charge in [0.2, 0.25) is 0 Å². The van der Waals surface area contributed by atoms with E-state index in [1.807, 2.05) is 25.1 Å². The van der Waals surface area contributed by atoms with Gasteiger partial charge in [-0.15, -0.1) is 0 Å². The number of fused-ring (bicyclic) bond motifs is 1. The van der Waals surface area contributed by atoms with Gasteiger partial charge >= 0.3 is 0 Å². The number of hydrogen-bond acceptors (Lipinski definition) is 1. The van der Waals surface area contributed by atoms with Gasteiger partial charge in [-0.1, -0.05) is 24.3 Å². The minimum absolute atomic E-state index is 0.112. The van der Waals surface area contributed by atoms with Crippen LogP contribution in [0.3, 0.4) is 0 Å². The minimum atomic E-state index is -0.203. The molecule has 0 aromatic heterocycles. The number of benzene rings is 2. The summed E-state index contributed by atoms with van der Waals surface area (Å²) >= 11 is 0. The SMILES string of the molecule is CCNC(=O)c1cc([O])c2ccccc2c1. The molecule has 0 unspecified atom stereocenters. The molecule has 1 radical (unpaired) electrons. The van der Waals surface area contributed by atoms with Gasteiger partial charge in [0.25, 0.3) is 5.91 Å². The highest BCUT2D eigenvalue weighted by Crippen LogP contribution is 2.26. The highest BCUT2D eigenvalue weighted by atomic mass is 16.3. The van der Waals surface area contributed by atoms with E-state index < -0.39 is 0 Å². The zero-order chi connectivity index (χ0) is 11.5. The van der Waals surface area contributed by atoms with Crippen LogP contribution in [-0.2, 0) is 5.11 Å². The van der Waals surface area contributed by atoms with E-state index in [1.54, 1.807) is 12.1 Å². The Morgan fingerprint density at radius 3 is 2.75 bits per heavy atom. The number of hydrogen-bond donors (Lipinski definition) is 1. The fourth-order valence-corrected chi connectivity index (χ4v) is 1.67. The molecule has 2 aromatic rings. The van der Waals surface area contributed by atoms with E-state index in [0.717, 1.165) is 5.39 Å². The Morgan fingerprint density at radius 1 is 1.25 bits per heavy atom. The predicted molar refractivity (Wildman–Crippen MR) is 62.1 cm³/mol. The first-order chi connectivity index (χ1) is 7.72. The van der Waals surface area contributed by atoms with Crippen LogP contribution in [-0.4, -0.2) is 12.5 Å². The van der Waals surface area contributed by atoms with Crippen molar-refractivity contribution in [3.63, 3.8) is 0 Å². The second-order valence-electron chi connectivity index (χ2n) is 3.55. The maximum atomic E-state index is 11.7. The monoisotopic (exact) mass is 214 g/mol. The molecule has 1 amide bonds. The third-order valence-corrected chi connectivity index (χ3v) is 2.42. The van der Waals surface area contributed by atoms with Gasteiger partial charge in [0.05, 0.1) is 0 Å². The van der Waals surface area contributed by atoms with Crippen LogP contribution in [0.5, 0.6) is 5.75 Å². The Balaban J connectivity index is 2.53. The molecule has 0 saturated heterocycles. The fraction of sp³-hybridized carbons (Fsp3) is 0.154. The third-order valence-electron chi connectivity index (χ3n) is 2.42. The molecule has 3 heteroatoms. The lowest BCUT2D eigenvalue weighted by Crippen LogP contribution is -2.22. The van der Waals surface area contributed by atoms with E-state index in [9.17, 15) is 9.90 Å². The molecular formula is C13H12NO2. The molecule has 0 spiro atoms. The van der Waals surface area contributed by atoms with Crippen molar-refractivity contribution in [1.82, 2.24) is 5.32 Å². The summed E-state index contributed by atoms with van der Waals surface area (Å²) in [5.74, 6) is -0.315. The number of rotatable bonds is 2. The normalized spacial score (nSPS) is 10.3. The van der Waals surface area contributed by atoms with Crippen LogP contribution in [0.1, 0.15) is 17.3 Å². The summed E-state index contributed by atoms with van der Waals surface area (Å²) in [5, 5.41) is 15.9. The summed E-state index contributed by atoms with van der Waals surface area (Å²) in [6, 6.07) is 10.4. The molecule has 3 nitrogen and oxygen atoms in total. The molecule has 0 saturated carbocycles. The van der Waals surface area contributed by atoms with E-state index in [-0.39, 0.29) is 11.7 Å². The number of amides is 1. The lowest BCUT2D eigenvalue weighted by molar-refractivity contribution is 0.0955. The van der Waals surface area contributed by atoms with Crippen molar-refractivity contribution in [2.75, 3.05) is 6.54 Å². The van der Waals surface area contributed by atoms with Crippen molar-refractivity contribution in [1.29, 1.82) is 0 Å². The lowest BCUT2D eigenvalue weighted by atomic mass is 10.1. The van der Waals surface area contributed by atoms with Crippen LogP contribution in [0.4, 0.5) is 0 Å². The molecule has 2 rings (SSSR count). The fourth-order valence-electron chi connectivity index (χ4n) is 1.67. The summed E-state index contributed by atoms with van der Waals surface area (Å²) in [6.45, 7) is 2.40. The molecular weight excluding hydrogens is 202 g/mol. The second-order valence-corrected chi connectivity index (χ2v) is 3.55. The summed E-state index contributed by atoms with van der Waals surface area (Å²) in [4.78, 5) is 11.6. The molecule has 0 aliphatic rings. The van der Waals surface area contributed by atoms with Gasteiger partial charge in [0.15, 0.2) is 5.75 Å². The van der Waals surface area contributed by atoms with Gasteiger partial charge in [-0.3, -0.25) is 9.90 Å². The van der Waals surface area contributed by atoms with Crippen molar-refractivity contribution in [2.24, 2.45) is 0 Å². The molecule has 2 aromatic carbocycles. The lowest BCUT2D eigenvalue weighted by Gasteiger charge is -2.04. The first-order valence-corrected chi connectivity index (χ1v) is 5.20. The topological polar surface area (TPSA) is 49.0 Å². The van der Waals surface area contributed by atoms with Crippen LogP contribution in [0.15, 0.2) is 36.4 Å². The number of carbonyl (C=O) groups is 1. The Morgan fingerprint density at radius 2 is 2.00 bits per heavy atom. The van der Waals surface area contributed by atoms with Crippen molar-refractivity contribution in [3.8, 4) is 5.75 Å². The van der Waals surface area contributed by atoms with Crippen molar-refractivity contribution < 1.29 is 9.90 Å². The summed E-state index contributed by atoms with van der Waals surface area (Å²) < 4.78 is 0. The van der Waals surface area contributed by atoms with Gasteiger partial charge in [-0.25, -0.2) is 0 Å². The maximum Gasteiger partial charge on any atom is 0.251 e. The van der Waals surface area contributed by atoms with Crippen LogP contribution >= 0.6 is 0 Å². The highest BCUT2D eigenvalue weighted by Gasteiger charge is 2.09. The highest BCUT2D eigenvalue weighted by molar-refractivity contribution is 6.00. The molecule has 0 aliphatic heterocycles. The van der Waals surface area contributed by atoms with Gasteiger partial charge in [0.1, 0.15) is 0 Å². The summed E-state index contributed by atoms with van der Waals surface area (Å²) in [7, 11) is 0. The number of carbonyl (C=O) groups excluding carboxylic acids is 1. The summed E-state index contributed by atoms with van der Waals surface area (Å²) in [5.41, 5.74) is 0.422. The van der Waals surface area contributed by atoms with Gasteiger partial charge in [-0.2, -0.15) is 0 Å². The molecule has 0 fully saturated rings. The van der Waals surface area contributed by atoms with E-state index >= 15 is 0 Å². The standard InChI is InChI=1S/C13H12NO2/c1-2-14-13(16)10-7-9-5-3-4-6-11(9)12(15)8-10/h3-8H,2H2,1H3,(H,14,16). The zero-order valence-corrected chi connectivity index (χ0v) is 8.99. The molecule has 0 heterocycles. The average molecular weight is 214 g/mol. The molecule has 0 aliphatic carbocycles. The Hall–Kier alpha value is -2.03. The van der Waals surface area contributed by atoms with Crippen LogP contribution in [0.25, 0.3) is 10.8 Å². The molecule has 1 N–H and O–H groups in total. The van der Waals surface area contributed by atoms with Crippen molar-refractivity contribution in [2.45, 2.75) is 6.92 Å². The van der Waals surface area contributed by atoms with Gasteiger partial charge in [-0.05, 0) is 24.4 Å². The first kappa shape index (κ1) is 10.5. The van der Waals surface area contributed by atoms with Gasteiger partial charge < -0.3 is 5.32 Å². The average Bonchev–Trinajstić information content (AvgIpc) is 2.29. The largest absolute Gasteiger partial charge is 0.352 e. The Labute approximate surface area is 93.7 Å². The number of nitrogens with one attached hydrogen (secondary N) is 1. The quantitative estimate of drug-likeness (QED) is 0.820. The van der Waals surface area contributed by atoms with E-state index in [1.165, 1.54) is 6.07 Å². The van der Waals surface area contributed by atoms with Crippen LogP contribution in [0, 0.1) is 0 Å². The van der Waals surface area contributed by atoms with E-state index in [0.29, 0.717) is 17.5 Å². The minimum Gasteiger partial charge on any atom is -0.352 e. The van der Waals surface area contributed by atoms with Crippen molar-refractivity contribution >= 4 is 16.7 Å². The molecule has 16 heavy (non-hydrogen) atoms. The predicted octanol–water partition coefficient (Wildman–Crippen LogP) is 2.73. The summed E-state index contributed by atoms with van der Waals surface area (Å²) in [6.07, 6.45) is 0. The van der Waals surface area contributed by atoms with Gasteiger partial charge in [0, 0.05) is 17.5 Å². The Bertz CT molecular complexity index is 534. The molecule has 0 bridgehead atoms. The molecule has 81 valence electrons. The van der Waals surface area contributed by atoms with Crippen molar-refractivity contribution in [3.05, 3.63) is 42.0 Å². The smallest absolute Gasteiger partial charge is 0.251 e. The Kier molecular flexibility index (Phi) is 2.77. The molecule has 0 atom stereocenters. The van der Waals surface area contributed by atoms with E-state index in [4.69, 9.17) is 0 Å². The van der Waals surface area contributed by atoms with E-state index in [2.05, 4.69) is 5.32 Å².